The summed E-state index contributed by atoms with van der Waals surface area (Å²) in [4.78, 5) is 15.2. The third-order valence-electron chi connectivity index (χ3n) is 9.92. The summed E-state index contributed by atoms with van der Waals surface area (Å²) in [7, 11) is -1.36. The van der Waals surface area contributed by atoms with Crippen LogP contribution in [-0.4, -0.2) is 71.0 Å². The van der Waals surface area contributed by atoms with Gasteiger partial charge in [0.05, 0.1) is 18.6 Å². The summed E-state index contributed by atoms with van der Waals surface area (Å²) >= 11 is 0. The highest BCUT2D eigenvalue weighted by Crippen LogP contribution is 2.44. The van der Waals surface area contributed by atoms with Crippen molar-refractivity contribution in [3.8, 4) is 23.0 Å². The maximum atomic E-state index is 13.1. The number of rotatable bonds is 18. The number of sulfone groups is 1. The second kappa shape index (κ2) is 18.7. The Balaban J connectivity index is 1.30. The molecule has 3 aromatic rings. The van der Waals surface area contributed by atoms with E-state index < -0.39 is 21.9 Å². The minimum absolute atomic E-state index is 0.0782. The Labute approximate surface area is 316 Å². The number of aryl methyl sites for hydroxylation is 1. The van der Waals surface area contributed by atoms with Gasteiger partial charge in [-0.2, -0.15) is 0 Å². The van der Waals surface area contributed by atoms with Crippen molar-refractivity contribution in [1.82, 2.24) is 0 Å². The van der Waals surface area contributed by atoms with E-state index >= 15 is 0 Å². The number of nitrogens with zero attached hydrogens (tertiary/aromatic N) is 1. The molecule has 2 aliphatic heterocycles. The van der Waals surface area contributed by atoms with Crippen LogP contribution >= 0.6 is 0 Å². The van der Waals surface area contributed by atoms with Crippen molar-refractivity contribution < 1.29 is 36.9 Å². The van der Waals surface area contributed by atoms with E-state index in [2.05, 4.69) is 44.7 Å². The van der Waals surface area contributed by atoms with E-state index in [0.717, 1.165) is 65.3 Å². The van der Waals surface area contributed by atoms with Gasteiger partial charge in [-0.25, -0.2) is 13.2 Å². The Kier molecular flexibility index (Phi) is 14.1. The van der Waals surface area contributed by atoms with Crippen molar-refractivity contribution >= 4 is 27.6 Å². The molecule has 5 rings (SSSR count). The van der Waals surface area contributed by atoms with Gasteiger partial charge in [0.25, 0.3) is 0 Å². The van der Waals surface area contributed by atoms with Crippen LogP contribution < -0.4 is 23.8 Å². The average Bonchev–Trinajstić information content (AvgIpc) is 3.13. The Morgan fingerprint density at radius 2 is 1.58 bits per heavy atom. The van der Waals surface area contributed by atoms with Crippen LogP contribution in [0.4, 0.5) is 5.69 Å². The van der Waals surface area contributed by atoms with Gasteiger partial charge in [-0.05, 0) is 105 Å². The predicted octanol–water partition coefficient (Wildman–Crippen LogP) is 8.58. The van der Waals surface area contributed by atoms with Gasteiger partial charge in [0.2, 0.25) is 0 Å². The molecule has 2 aliphatic rings. The maximum Gasteiger partial charge on any atom is 0.331 e. The van der Waals surface area contributed by atoms with Gasteiger partial charge >= 0.3 is 5.97 Å². The monoisotopic (exact) mass is 747 g/mol. The highest BCUT2D eigenvalue weighted by molar-refractivity contribution is 7.91. The molecular weight excluding hydrogens is 691 g/mol. The number of hydrogen-bond acceptors (Lipinski definition) is 9. The Morgan fingerprint density at radius 1 is 0.925 bits per heavy atom. The van der Waals surface area contributed by atoms with Crippen LogP contribution in [0.5, 0.6) is 23.0 Å². The standard InChI is InChI=1S/C43H57NO8S/c1-6-7-8-9-10-11-12-34-27-41-39(32(2)29-43(3,4)52-41)28-40(34)50-31-38(51-42(45)22-15-33-13-18-36(48-5)19-14-33)30-49-37-20-16-35(17-21-37)44-23-25-53(46,47)26-24-44/h13-22,27-28,32,38H,6-12,23-26,29-31H2,1-5H3. The van der Waals surface area contributed by atoms with E-state index in [9.17, 15) is 13.2 Å². The second-order valence-corrected chi connectivity index (χ2v) is 17.2. The van der Waals surface area contributed by atoms with Gasteiger partial charge in [-0.3, -0.25) is 0 Å². The van der Waals surface area contributed by atoms with Crippen LogP contribution in [-0.2, 0) is 25.8 Å². The van der Waals surface area contributed by atoms with Crippen molar-refractivity contribution in [1.29, 1.82) is 0 Å². The minimum Gasteiger partial charge on any atom is -0.497 e. The largest absolute Gasteiger partial charge is 0.497 e. The van der Waals surface area contributed by atoms with Crippen molar-refractivity contribution in [3.63, 3.8) is 0 Å². The Bertz CT molecular complexity index is 1750. The van der Waals surface area contributed by atoms with Crippen molar-refractivity contribution in [2.75, 3.05) is 49.8 Å². The van der Waals surface area contributed by atoms with E-state index in [1.165, 1.54) is 31.8 Å². The zero-order valence-corrected chi connectivity index (χ0v) is 32.9. The second-order valence-electron chi connectivity index (χ2n) is 14.9. The molecule has 1 saturated heterocycles. The molecule has 3 aromatic carbocycles. The van der Waals surface area contributed by atoms with E-state index in [-0.39, 0.29) is 30.3 Å². The first kappa shape index (κ1) is 40.0. The summed E-state index contributed by atoms with van der Waals surface area (Å²) in [6.07, 6.45) is 11.3. The first-order chi connectivity index (χ1) is 25.4. The molecule has 0 N–H and O–H groups in total. The number of esters is 1. The topological polar surface area (TPSA) is 101 Å². The van der Waals surface area contributed by atoms with Crippen LogP contribution in [0.3, 0.4) is 0 Å². The summed E-state index contributed by atoms with van der Waals surface area (Å²) in [5.41, 5.74) is 3.76. The number of ether oxygens (including phenoxy) is 5. The lowest BCUT2D eigenvalue weighted by Crippen LogP contribution is -2.40. The molecule has 0 bridgehead atoms. The molecule has 0 saturated carbocycles. The lowest BCUT2D eigenvalue weighted by Gasteiger charge is -2.37. The first-order valence-electron chi connectivity index (χ1n) is 19.1. The number of anilines is 1. The zero-order chi connectivity index (χ0) is 37.8. The quantitative estimate of drug-likeness (QED) is 0.0720. The van der Waals surface area contributed by atoms with Crippen LogP contribution in [0, 0.1) is 0 Å². The SMILES string of the molecule is CCCCCCCCc1cc2c(cc1OCC(COc1ccc(N3CCS(=O)(=O)CC3)cc1)OC(=O)C=Cc1ccc(OC)cc1)C(C)CC(C)(C)O2. The molecule has 0 amide bonds. The molecule has 2 heterocycles. The molecule has 53 heavy (non-hydrogen) atoms. The van der Waals surface area contributed by atoms with E-state index in [0.29, 0.717) is 24.8 Å². The lowest BCUT2D eigenvalue weighted by molar-refractivity contribution is -0.146. The van der Waals surface area contributed by atoms with Gasteiger partial charge < -0.3 is 28.6 Å². The van der Waals surface area contributed by atoms with Gasteiger partial charge in [0, 0.05) is 30.4 Å². The van der Waals surface area contributed by atoms with Gasteiger partial charge in [-0.15, -0.1) is 0 Å². The smallest absolute Gasteiger partial charge is 0.331 e. The highest BCUT2D eigenvalue weighted by Gasteiger charge is 2.32. The summed E-state index contributed by atoms with van der Waals surface area (Å²) in [6.45, 7) is 9.85. The van der Waals surface area contributed by atoms with Crippen LogP contribution in [0.15, 0.2) is 66.7 Å². The van der Waals surface area contributed by atoms with E-state index in [1.54, 1.807) is 13.2 Å². The van der Waals surface area contributed by atoms with Gasteiger partial charge in [0.15, 0.2) is 15.9 Å². The number of benzene rings is 3. The fourth-order valence-corrected chi connectivity index (χ4v) is 8.20. The number of unbranched alkanes of at least 4 members (excludes halogenated alkanes) is 5. The van der Waals surface area contributed by atoms with E-state index in [1.807, 2.05) is 48.5 Å². The fraction of sp³-hybridized carbons (Fsp3) is 0.512. The number of fused-ring (bicyclic) bond motifs is 1. The Hall–Kier alpha value is -4.18. The van der Waals surface area contributed by atoms with Crippen LogP contribution in [0.1, 0.15) is 95.2 Å². The molecular formula is C43H57NO8S. The number of methoxy groups -OCH3 is 1. The maximum absolute atomic E-state index is 13.1. The third-order valence-corrected chi connectivity index (χ3v) is 11.5. The molecule has 0 spiro atoms. The summed E-state index contributed by atoms with van der Waals surface area (Å²) in [5.74, 6) is 3.16. The molecule has 288 valence electrons. The fourth-order valence-electron chi connectivity index (χ4n) is 7.00. The Morgan fingerprint density at radius 3 is 2.28 bits per heavy atom. The van der Waals surface area contributed by atoms with Crippen LogP contribution in [0.2, 0.25) is 0 Å². The highest BCUT2D eigenvalue weighted by atomic mass is 32.2. The number of carbonyl (C=O) groups excluding carboxylic acids is 1. The number of carbonyl (C=O) groups is 1. The van der Waals surface area contributed by atoms with Gasteiger partial charge in [-0.1, -0.05) is 58.1 Å². The van der Waals surface area contributed by atoms with Crippen molar-refractivity contribution in [2.24, 2.45) is 0 Å². The predicted molar refractivity (Wildman–Crippen MR) is 211 cm³/mol. The molecule has 2 unspecified atom stereocenters. The number of hydrogen-bond donors (Lipinski definition) is 0. The average molecular weight is 748 g/mol. The van der Waals surface area contributed by atoms with Crippen molar-refractivity contribution in [3.05, 3.63) is 83.4 Å². The first-order valence-corrected chi connectivity index (χ1v) is 21.0. The molecule has 0 aromatic heterocycles. The molecule has 0 aliphatic carbocycles. The summed E-state index contributed by atoms with van der Waals surface area (Å²) in [6, 6.07) is 19.2. The zero-order valence-electron chi connectivity index (χ0n) is 32.1. The third kappa shape index (κ3) is 12.2. The minimum atomic E-state index is -2.97. The molecule has 2 atom stereocenters. The molecule has 10 heteroatoms. The summed E-state index contributed by atoms with van der Waals surface area (Å²) in [5, 5.41) is 0. The molecule has 0 radical (unpaired) electrons. The normalized spacial score (nSPS) is 18.1. The molecule has 9 nitrogen and oxygen atoms in total. The van der Waals surface area contributed by atoms with Crippen LogP contribution in [0.25, 0.3) is 6.08 Å². The molecule has 1 fully saturated rings. The summed E-state index contributed by atoms with van der Waals surface area (Å²) < 4.78 is 54.1. The lowest BCUT2D eigenvalue weighted by atomic mass is 9.84. The van der Waals surface area contributed by atoms with Crippen molar-refractivity contribution in [2.45, 2.75) is 96.7 Å². The van der Waals surface area contributed by atoms with Gasteiger partial charge in [0.1, 0.15) is 41.8 Å². The van der Waals surface area contributed by atoms with E-state index in [4.69, 9.17) is 23.7 Å².